The molecule has 0 heterocycles. The van der Waals surface area contributed by atoms with E-state index in [1.807, 2.05) is 0 Å². The van der Waals surface area contributed by atoms with Crippen molar-refractivity contribution in [2.45, 2.75) is 91.9 Å². The van der Waals surface area contributed by atoms with Crippen LogP contribution >= 0.6 is 0 Å². The van der Waals surface area contributed by atoms with E-state index < -0.39 is 0 Å². The quantitative estimate of drug-likeness (QED) is 0.433. The van der Waals surface area contributed by atoms with E-state index in [-0.39, 0.29) is 0 Å². The average Bonchev–Trinajstić information content (AvgIpc) is 2.56. The summed E-state index contributed by atoms with van der Waals surface area (Å²) in [4.78, 5) is 0. The van der Waals surface area contributed by atoms with Crippen molar-refractivity contribution in [3.05, 3.63) is 23.8 Å². The van der Waals surface area contributed by atoms with E-state index in [9.17, 15) is 0 Å². The topological polar surface area (TPSA) is 0 Å². The molecule has 0 amide bonds. The average molecular weight is 317 g/mol. The molecule has 0 aromatic carbocycles. The monoisotopic (exact) mass is 316 g/mol. The zero-order valence-electron chi connectivity index (χ0n) is 16.2. The maximum Gasteiger partial charge on any atom is -0.0179 e. The summed E-state index contributed by atoms with van der Waals surface area (Å²) in [5.74, 6) is 4.36. The molecule has 23 heavy (non-hydrogen) atoms. The summed E-state index contributed by atoms with van der Waals surface area (Å²) in [6.07, 6.45) is 21.7. The highest BCUT2D eigenvalue weighted by atomic mass is 14.3. The van der Waals surface area contributed by atoms with Crippen molar-refractivity contribution in [3.63, 3.8) is 0 Å². The van der Waals surface area contributed by atoms with Crippen LogP contribution < -0.4 is 0 Å². The fourth-order valence-corrected chi connectivity index (χ4v) is 5.13. The summed E-state index contributed by atoms with van der Waals surface area (Å²) in [5.41, 5.74) is 1.72. The molecule has 0 saturated heterocycles. The summed E-state index contributed by atoms with van der Waals surface area (Å²) in [7, 11) is 0. The van der Waals surface area contributed by atoms with Crippen LogP contribution in [0.2, 0.25) is 0 Å². The minimum atomic E-state index is 0.780. The molecule has 2 rings (SSSR count). The highest BCUT2D eigenvalue weighted by Crippen LogP contribution is 2.37. The van der Waals surface area contributed by atoms with Crippen LogP contribution in [0.15, 0.2) is 23.8 Å². The summed E-state index contributed by atoms with van der Waals surface area (Å²) in [6.45, 7) is 9.55. The van der Waals surface area contributed by atoms with E-state index in [1.165, 1.54) is 64.2 Å². The van der Waals surface area contributed by atoms with Gasteiger partial charge in [0.1, 0.15) is 0 Å². The molecular weight excluding hydrogens is 276 g/mol. The molecule has 1 fully saturated rings. The highest BCUT2D eigenvalue weighted by molar-refractivity contribution is 5.22. The molecule has 0 radical (unpaired) electrons. The van der Waals surface area contributed by atoms with Crippen molar-refractivity contribution in [1.29, 1.82) is 0 Å². The van der Waals surface area contributed by atoms with Gasteiger partial charge in [-0.15, -0.1) is 0 Å². The number of hydrogen-bond acceptors (Lipinski definition) is 0. The van der Waals surface area contributed by atoms with Crippen molar-refractivity contribution >= 4 is 0 Å². The lowest BCUT2D eigenvalue weighted by atomic mass is 9.75. The van der Waals surface area contributed by atoms with Crippen LogP contribution in [0.5, 0.6) is 0 Å². The SMILES string of the molecule is CCC(CC1C=CC=C(C(CC)C(C)C)C1)CC1CCCCC1. The molecule has 2 aliphatic carbocycles. The molecule has 0 spiro atoms. The molecule has 2 aliphatic rings. The van der Waals surface area contributed by atoms with E-state index in [4.69, 9.17) is 0 Å². The number of hydrogen-bond donors (Lipinski definition) is 0. The molecule has 3 atom stereocenters. The van der Waals surface area contributed by atoms with Crippen molar-refractivity contribution in [1.82, 2.24) is 0 Å². The minimum absolute atomic E-state index is 0.780. The molecule has 0 aromatic rings. The van der Waals surface area contributed by atoms with Gasteiger partial charge in [0.25, 0.3) is 0 Å². The van der Waals surface area contributed by atoms with Crippen molar-refractivity contribution < 1.29 is 0 Å². The van der Waals surface area contributed by atoms with E-state index >= 15 is 0 Å². The second kappa shape index (κ2) is 9.70. The zero-order valence-corrected chi connectivity index (χ0v) is 16.2. The first-order valence-corrected chi connectivity index (χ1v) is 10.5. The Morgan fingerprint density at radius 3 is 2.35 bits per heavy atom. The van der Waals surface area contributed by atoms with Gasteiger partial charge in [0, 0.05) is 0 Å². The third-order valence-corrected chi connectivity index (χ3v) is 6.52. The summed E-state index contributed by atoms with van der Waals surface area (Å²) < 4.78 is 0. The normalized spacial score (nSPS) is 25.4. The Kier molecular flexibility index (Phi) is 7.93. The molecule has 0 heteroatoms. The second-order valence-electron chi connectivity index (χ2n) is 8.60. The van der Waals surface area contributed by atoms with E-state index in [0.717, 1.165) is 29.6 Å². The highest BCUT2D eigenvalue weighted by Gasteiger charge is 2.24. The third-order valence-electron chi connectivity index (χ3n) is 6.52. The molecule has 0 N–H and O–H groups in total. The van der Waals surface area contributed by atoms with E-state index in [0.29, 0.717) is 0 Å². The summed E-state index contributed by atoms with van der Waals surface area (Å²) in [6, 6.07) is 0. The van der Waals surface area contributed by atoms with Crippen LogP contribution in [0.1, 0.15) is 91.9 Å². The molecule has 0 bridgehead atoms. The maximum atomic E-state index is 2.50. The van der Waals surface area contributed by atoms with Gasteiger partial charge in [-0.2, -0.15) is 0 Å². The number of allylic oxidation sites excluding steroid dienone is 4. The first kappa shape index (κ1) is 18.8. The standard InChI is InChI=1S/C23H40/c1-5-19(15-20-11-8-7-9-12-20)16-21-13-10-14-22(17-21)23(6-2)18(3)4/h10,13-14,18-21,23H,5-9,11-12,15-17H2,1-4H3. The van der Waals surface area contributed by atoms with Crippen molar-refractivity contribution in [2.24, 2.45) is 29.6 Å². The maximum absolute atomic E-state index is 2.50. The van der Waals surface area contributed by atoms with Crippen molar-refractivity contribution in [2.75, 3.05) is 0 Å². The Balaban J connectivity index is 1.86. The lowest BCUT2D eigenvalue weighted by Crippen LogP contribution is -2.18. The fraction of sp³-hybridized carbons (Fsp3) is 0.826. The van der Waals surface area contributed by atoms with E-state index in [1.54, 1.807) is 5.57 Å². The van der Waals surface area contributed by atoms with Crippen LogP contribution in [0, 0.1) is 29.6 Å². The second-order valence-corrected chi connectivity index (χ2v) is 8.60. The minimum Gasteiger partial charge on any atom is -0.0811 e. The molecular formula is C23H40. The van der Waals surface area contributed by atoms with Gasteiger partial charge < -0.3 is 0 Å². The van der Waals surface area contributed by atoms with Crippen molar-refractivity contribution in [3.8, 4) is 0 Å². The van der Waals surface area contributed by atoms with Gasteiger partial charge in [-0.25, -0.2) is 0 Å². The first-order chi connectivity index (χ1) is 11.1. The van der Waals surface area contributed by atoms with Crippen LogP contribution in [0.4, 0.5) is 0 Å². The Bertz CT molecular complexity index is 381. The zero-order chi connectivity index (χ0) is 16.7. The van der Waals surface area contributed by atoms with Crippen LogP contribution in [-0.2, 0) is 0 Å². The van der Waals surface area contributed by atoms with Crippen LogP contribution in [0.3, 0.4) is 0 Å². The smallest absolute Gasteiger partial charge is 0.0179 e. The molecule has 0 aliphatic heterocycles. The summed E-state index contributed by atoms with van der Waals surface area (Å²) in [5, 5.41) is 0. The molecule has 1 saturated carbocycles. The third kappa shape index (κ3) is 5.80. The summed E-state index contributed by atoms with van der Waals surface area (Å²) >= 11 is 0. The first-order valence-electron chi connectivity index (χ1n) is 10.5. The van der Waals surface area contributed by atoms with Gasteiger partial charge in [0.05, 0.1) is 0 Å². The lowest BCUT2D eigenvalue weighted by Gasteiger charge is -2.31. The Labute approximate surface area is 145 Å². The van der Waals surface area contributed by atoms with Gasteiger partial charge >= 0.3 is 0 Å². The van der Waals surface area contributed by atoms with Gasteiger partial charge in [0.2, 0.25) is 0 Å². The lowest BCUT2D eigenvalue weighted by molar-refractivity contribution is 0.258. The Hall–Kier alpha value is -0.520. The molecule has 132 valence electrons. The van der Waals surface area contributed by atoms with Crippen LogP contribution in [0.25, 0.3) is 0 Å². The fourth-order valence-electron chi connectivity index (χ4n) is 5.13. The predicted octanol–water partition coefficient (Wildman–Crippen LogP) is 7.56. The van der Waals surface area contributed by atoms with E-state index in [2.05, 4.69) is 45.9 Å². The largest absolute Gasteiger partial charge is 0.0811 e. The van der Waals surface area contributed by atoms with Gasteiger partial charge in [0.15, 0.2) is 0 Å². The predicted molar refractivity (Wildman–Crippen MR) is 104 cm³/mol. The van der Waals surface area contributed by atoms with Crippen LogP contribution in [-0.4, -0.2) is 0 Å². The molecule has 0 aromatic heterocycles. The van der Waals surface area contributed by atoms with Gasteiger partial charge in [-0.05, 0) is 55.3 Å². The molecule has 0 nitrogen and oxygen atoms in total. The number of rotatable bonds is 8. The Morgan fingerprint density at radius 2 is 1.74 bits per heavy atom. The van der Waals surface area contributed by atoms with Gasteiger partial charge in [-0.1, -0.05) is 90.0 Å². The Morgan fingerprint density at radius 1 is 1.00 bits per heavy atom. The van der Waals surface area contributed by atoms with Gasteiger partial charge in [-0.3, -0.25) is 0 Å². The molecule has 3 unspecified atom stereocenters.